The first-order valence-electron chi connectivity index (χ1n) is 12.4. The lowest BCUT2D eigenvalue weighted by molar-refractivity contribution is -0.0545. The standard InChI is InChI=1S/C20H21FN10O11P2/c21-10-13(41-43(34)35)9(40-19(10)30-5-26-11-14(22)24-4-25-15(11)30)3-38-44(36,37)42-8-1-7(2-32)39-18(8)31-6-27-12-16(31)28-20(23)29-17(12)33/h4-9,18-19,32H,1-3H2,(H6-,22,23,24,25,28,29,33,34,35,36,37)/p+1. The van der Waals surface area contributed by atoms with Crippen LogP contribution in [0, 0.1) is 0 Å². The van der Waals surface area contributed by atoms with E-state index in [1.165, 1.54) is 10.9 Å². The number of rotatable bonds is 10. The second kappa shape index (κ2) is 11.5. The number of nitrogens with two attached hydrogens (primary N) is 2. The predicted molar refractivity (Wildman–Crippen MR) is 142 cm³/mol. The molecule has 1 saturated heterocycles. The number of nitrogens with zero attached hydrogens (tertiary/aromatic N) is 7. The Labute approximate surface area is 243 Å². The van der Waals surface area contributed by atoms with Crippen molar-refractivity contribution in [3.05, 3.63) is 40.9 Å². The van der Waals surface area contributed by atoms with E-state index in [0.29, 0.717) is 0 Å². The van der Waals surface area contributed by atoms with Gasteiger partial charge < -0.3 is 30.9 Å². The zero-order chi connectivity index (χ0) is 31.3. The summed E-state index contributed by atoms with van der Waals surface area (Å²) in [6, 6.07) is 0. The Hall–Kier alpha value is -3.98. The summed E-state index contributed by atoms with van der Waals surface area (Å²) in [5.41, 5.74) is 10.8. The Morgan fingerprint density at radius 2 is 1.91 bits per heavy atom. The van der Waals surface area contributed by atoms with Gasteiger partial charge in [0.2, 0.25) is 11.7 Å². The molecule has 6 rings (SSSR count). The lowest BCUT2D eigenvalue weighted by atomic mass is 10.2. The summed E-state index contributed by atoms with van der Waals surface area (Å²) in [4.78, 5) is 54.2. The Bertz CT molecular complexity index is 1900. The average molecular weight is 659 g/mol. The molecule has 0 spiro atoms. The molecule has 7 atom stereocenters. The van der Waals surface area contributed by atoms with Crippen LogP contribution in [-0.4, -0.2) is 85.5 Å². The second-order valence-electron chi connectivity index (χ2n) is 9.35. The molecule has 0 aromatic carbocycles. The highest BCUT2D eigenvalue weighted by Gasteiger charge is 2.46. The van der Waals surface area contributed by atoms with E-state index in [0.717, 1.165) is 17.2 Å². The van der Waals surface area contributed by atoms with Gasteiger partial charge in [-0.15, -0.1) is 4.89 Å². The van der Waals surface area contributed by atoms with Gasteiger partial charge in [-0.2, -0.15) is 4.98 Å². The highest BCUT2D eigenvalue weighted by atomic mass is 31.2. The van der Waals surface area contributed by atoms with Gasteiger partial charge >= 0.3 is 16.1 Å². The molecule has 8 N–H and O–H groups in total. The van der Waals surface area contributed by atoms with Crippen LogP contribution in [0.3, 0.4) is 0 Å². The number of aliphatic hydroxyl groups is 1. The van der Waals surface area contributed by atoms with Crippen LogP contribution in [0.2, 0.25) is 0 Å². The third-order valence-corrected chi connectivity index (χ3v) is 7.95. The number of H-pyrrole nitrogens is 1. The second-order valence-corrected chi connectivity index (χ2v) is 11.4. The molecule has 4 aromatic heterocycles. The molecule has 0 aliphatic carbocycles. The number of fused-ring (bicyclic) bond motifs is 2. The fraction of sp³-hybridized carbons (Fsp3) is 0.400. The van der Waals surface area contributed by atoms with E-state index in [4.69, 9.17) is 34.5 Å². The minimum atomic E-state index is -5.04. The molecule has 0 saturated carbocycles. The molecule has 24 heteroatoms. The van der Waals surface area contributed by atoms with Crippen molar-refractivity contribution in [2.24, 2.45) is 0 Å². The van der Waals surface area contributed by atoms with Gasteiger partial charge in [0, 0.05) is 11.0 Å². The molecule has 0 radical (unpaired) electrons. The zero-order valence-corrected chi connectivity index (χ0v) is 23.7. The number of aromatic amines is 1. The molecule has 44 heavy (non-hydrogen) atoms. The number of aromatic nitrogens is 8. The molecular formula is C20H22FN10O11P2+. The van der Waals surface area contributed by atoms with Crippen molar-refractivity contribution in [3.8, 4) is 0 Å². The molecule has 2 aliphatic rings. The quantitative estimate of drug-likeness (QED) is 0.119. The highest BCUT2D eigenvalue weighted by Crippen LogP contribution is 2.50. The average Bonchev–Trinajstić information content (AvgIpc) is 3.73. The predicted octanol–water partition coefficient (Wildman–Crippen LogP) is -0.349. The molecule has 0 bridgehead atoms. The largest absolute Gasteiger partial charge is 0.747 e. The number of nitrogens with one attached hydrogen (secondary N) is 1. The van der Waals surface area contributed by atoms with E-state index in [9.17, 15) is 28.8 Å². The van der Waals surface area contributed by atoms with Crippen LogP contribution in [0.25, 0.3) is 22.3 Å². The van der Waals surface area contributed by atoms with Gasteiger partial charge in [0.05, 0.1) is 32.0 Å². The van der Waals surface area contributed by atoms with E-state index in [1.807, 2.05) is 0 Å². The first kappa shape index (κ1) is 30.1. The third-order valence-electron chi connectivity index (χ3n) is 6.59. The number of ether oxygens (including phenoxy) is 2. The number of nitrogen functional groups attached to an aromatic ring is 2. The van der Waals surface area contributed by atoms with Gasteiger partial charge in [-0.1, -0.05) is 0 Å². The van der Waals surface area contributed by atoms with Crippen LogP contribution < -0.4 is 17.0 Å². The van der Waals surface area contributed by atoms with Crippen LogP contribution in [0.4, 0.5) is 16.2 Å². The number of halogens is 1. The van der Waals surface area contributed by atoms with Crippen LogP contribution in [0.5, 0.6) is 0 Å². The number of hydrogen-bond acceptors (Lipinski definition) is 16. The van der Waals surface area contributed by atoms with Gasteiger partial charge in [-0.05, 0) is 0 Å². The number of imidazole rings is 2. The lowest BCUT2D eigenvalue weighted by Crippen LogP contribution is -2.24. The van der Waals surface area contributed by atoms with Crippen LogP contribution in [-0.2, 0) is 32.2 Å². The first-order valence-corrected chi connectivity index (χ1v) is 15.0. The third kappa shape index (κ3) is 5.54. The summed E-state index contributed by atoms with van der Waals surface area (Å²) in [6.07, 6.45) is -3.30. The summed E-state index contributed by atoms with van der Waals surface area (Å²) in [7, 11) is -8.43. The molecule has 0 amide bonds. The van der Waals surface area contributed by atoms with Crippen LogP contribution in [0.1, 0.15) is 18.9 Å². The molecule has 234 valence electrons. The maximum atomic E-state index is 15.4. The molecular weight excluding hydrogens is 637 g/mol. The van der Waals surface area contributed by atoms with Crippen molar-refractivity contribution in [1.82, 2.24) is 39.0 Å². The fourth-order valence-electron chi connectivity index (χ4n) is 4.75. The van der Waals surface area contributed by atoms with Crippen molar-refractivity contribution >= 4 is 50.2 Å². The number of phosphoric acid groups is 1. The van der Waals surface area contributed by atoms with Gasteiger partial charge in [-0.25, -0.2) is 33.4 Å². The summed E-state index contributed by atoms with van der Waals surface area (Å²) >= 11 is 0. The normalized spacial score (nSPS) is 25.6. The Kier molecular flexibility index (Phi) is 7.86. The maximum Gasteiger partial charge on any atom is 0.747 e. The van der Waals surface area contributed by atoms with E-state index in [2.05, 4.69) is 29.9 Å². The smallest absolute Gasteiger partial charge is 0.394 e. The monoisotopic (exact) mass is 659 g/mol. The van der Waals surface area contributed by atoms with Gasteiger partial charge in [0.25, 0.3) is 5.56 Å². The van der Waals surface area contributed by atoms with Crippen LogP contribution >= 0.6 is 16.1 Å². The zero-order valence-electron chi connectivity index (χ0n) is 21.9. The highest BCUT2D eigenvalue weighted by molar-refractivity contribution is 7.47. The molecule has 21 nitrogen and oxygen atoms in total. The fourth-order valence-corrected chi connectivity index (χ4v) is 6.04. The summed E-state index contributed by atoms with van der Waals surface area (Å²) in [6.45, 7) is -1.39. The van der Waals surface area contributed by atoms with E-state index >= 15 is 4.39 Å². The molecule has 1 fully saturated rings. The topological polar surface area (TPSA) is 300 Å². The van der Waals surface area contributed by atoms with E-state index < -0.39 is 77.2 Å². The van der Waals surface area contributed by atoms with Crippen molar-refractivity contribution in [1.29, 1.82) is 0 Å². The van der Waals surface area contributed by atoms with Gasteiger partial charge in [0.1, 0.15) is 17.9 Å². The minimum absolute atomic E-state index is 0.00308. The lowest BCUT2D eigenvalue weighted by Gasteiger charge is -2.23. The SMILES string of the molecule is Nc1nc2c(ncn2C2OC(CO)CC2OP(=O)(O)OCC2OC(n3cnc4c(N)ncnc43)C(F)=C2O[P+](=O)O)c(=O)[nH]1. The van der Waals surface area contributed by atoms with Crippen molar-refractivity contribution in [3.63, 3.8) is 0 Å². The maximum absolute atomic E-state index is 15.4. The van der Waals surface area contributed by atoms with Crippen molar-refractivity contribution in [2.45, 2.75) is 37.2 Å². The summed E-state index contributed by atoms with van der Waals surface area (Å²) < 4.78 is 68.7. The van der Waals surface area contributed by atoms with Crippen molar-refractivity contribution in [2.75, 3.05) is 24.7 Å². The molecule has 4 aromatic rings. The first-order chi connectivity index (χ1) is 21.0. The summed E-state index contributed by atoms with van der Waals surface area (Å²) in [5, 5.41) is 9.66. The minimum Gasteiger partial charge on any atom is -0.394 e. The number of aliphatic hydroxyl groups excluding tert-OH is 1. The molecule has 2 aliphatic heterocycles. The van der Waals surface area contributed by atoms with Crippen LogP contribution in [0.15, 0.2) is 35.4 Å². The Morgan fingerprint density at radius 3 is 2.66 bits per heavy atom. The summed E-state index contributed by atoms with van der Waals surface area (Å²) in [5.74, 6) is -2.20. The Balaban J connectivity index is 1.21. The van der Waals surface area contributed by atoms with Gasteiger partial charge in [-0.3, -0.25) is 28.0 Å². The number of hydrogen-bond donors (Lipinski definition) is 6. The van der Waals surface area contributed by atoms with Gasteiger partial charge in [0.15, 0.2) is 47.0 Å². The number of phosphoric ester groups is 1. The molecule has 6 heterocycles. The molecule has 7 unspecified atom stereocenters. The van der Waals surface area contributed by atoms with E-state index in [1.54, 1.807) is 0 Å². The number of anilines is 2. The van der Waals surface area contributed by atoms with Crippen molar-refractivity contribution < 1.29 is 51.5 Å². The van der Waals surface area contributed by atoms with E-state index in [-0.39, 0.29) is 40.5 Å². The Morgan fingerprint density at radius 1 is 1.16 bits per heavy atom.